The van der Waals surface area contributed by atoms with Crippen molar-refractivity contribution in [1.29, 1.82) is 0 Å². The number of rotatable bonds is 2. The number of nitrogens with zero attached hydrogens (tertiary/aromatic N) is 4. The van der Waals surface area contributed by atoms with E-state index in [0.29, 0.717) is 5.16 Å². The van der Waals surface area contributed by atoms with Gasteiger partial charge in [0.25, 0.3) is 0 Å². The maximum absolute atomic E-state index is 5.53. The second-order valence-electron chi connectivity index (χ2n) is 3.36. The molecule has 6 heteroatoms. The summed E-state index contributed by atoms with van der Waals surface area (Å²) in [5.41, 5.74) is 7.52. The van der Waals surface area contributed by atoms with Crippen molar-refractivity contribution in [1.82, 2.24) is 19.9 Å². The highest BCUT2D eigenvalue weighted by atomic mass is 32.2. The highest BCUT2D eigenvalue weighted by Gasteiger charge is 2.06. The van der Waals surface area contributed by atoms with Gasteiger partial charge in [0.1, 0.15) is 5.03 Å². The van der Waals surface area contributed by atoms with Crippen molar-refractivity contribution in [2.24, 2.45) is 0 Å². The van der Waals surface area contributed by atoms with Crippen LogP contribution < -0.4 is 5.73 Å². The minimum absolute atomic E-state index is 0.264. The van der Waals surface area contributed by atoms with Gasteiger partial charge in [0, 0.05) is 24.2 Å². The second kappa shape index (κ2) is 4.44. The Hall–Kier alpha value is -1.69. The summed E-state index contributed by atoms with van der Waals surface area (Å²) in [5.74, 6) is 0.264. The number of anilines is 1. The first-order valence-electron chi connectivity index (χ1n) is 4.71. The Morgan fingerprint density at radius 3 is 2.44 bits per heavy atom. The second-order valence-corrected chi connectivity index (χ2v) is 4.32. The van der Waals surface area contributed by atoms with E-state index in [9.17, 15) is 0 Å². The SMILES string of the molecule is Cc1cnc(Sc2nc(N)ncc2C)nc1. The monoisotopic (exact) mass is 233 g/mol. The first-order valence-corrected chi connectivity index (χ1v) is 5.52. The van der Waals surface area contributed by atoms with Gasteiger partial charge in [0.05, 0.1) is 0 Å². The molecular formula is C10H11N5S. The van der Waals surface area contributed by atoms with Crippen molar-refractivity contribution in [3.8, 4) is 0 Å². The van der Waals surface area contributed by atoms with Gasteiger partial charge in [-0.05, 0) is 31.2 Å². The molecule has 2 aromatic rings. The summed E-state index contributed by atoms with van der Waals surface area (Å²) in [6.45, 7) is 3.87. The van der Waals surface area contributed by atoms with Crippen LogP contribution in [0.15, 0.2) is 28.8 Å². The minimum atomic E-state index is 0.264. The number of nitrogens with two attached hydrogens (primary N) is 1. The summed E-state index contributed by atoms with van der Waals surface area (Å²) in [5, 5.41) is 1.45. The number of hydrogen-bond donors (Lipinski definition) is 1. The van der Waals surface area contributed by atoms with E-state index in [0.717, 1.165) is 16.2 Å². The van der Waals surface area contributed by atoms with Gasteiger partial charge in [-0.25, -0.2) is 19.9 Å². The Bertz CT molecular complexity index is 497. The van der Waals surface area contributed by atoms with Crippen molar-refractivity contribution >= 4 is 17.7 Å². The molecule has 0 saturated heterocycles. The Balaban J connectivity index is 2.26. The van der Waals surface area contributed by atoms with Crippen LogP contribution in [-0.2, 0) is 0 Å². The van der Waals surface area contributed by atoms with Crippen molar-refractivity contribution in [2.45, 2.75) is 24.0 Å². The summed E-state index contributed by atoms with van der Waals surface area (Å²) in [6.07, 6.45) is 5.24. The van der Waals surface area contributed by atoms with E-state index >= 15 is 0 Å². The molecule has 0 aromatic carbocycles. The van der Waals surface area contributed by atoms with Crippen LogP contribution in [0.1, 0.15) is 11.1 Å². The lowest BCUT2D eigenvalue weighted by molar-refractivity contribution is 0.937. The van der Waals surface area contributed by atoms with E-state index in [1.54, 1.807) is 18.6 Å². The molecule has 5 nitrogen and oxygen atoms in total. The quantitative estimate of drug-likeness (QED) is 0.627. The standard InChI is InChI=1S/C10H11N5S/c1-6-3-13-10(14-4-6)16-8-7(2)5-12-9(11)15-8/h3-5H,1-2H3,(H2,11,12,15). The lowest BCUT2D eigenvalue weighted by atomic mass is 10.4. The average molecular weight is 233 g/mol. The molecule has 2 N–H and O–H groups in total. The summed E-state index contributed by atoms with van der Waals surface area (Å²) >= 11 is 1.38. The van der Waals surface area contributed by atoms with E-state index in [-0.39, 0.29) is 5.95 Å². The molecule has 16 heavy (non-hydrogen) atoms. The van der Waals surface area contributed by atoms with Crippen molar-refractivity contribution < 1.29 is 0 Å². The molecule has 0 fully saturated rings. The number of aromatic nitrogens is 4. The maximum atomic E-state index is 5.53. The Labute approximate surface area is 97.6 Å². The topological polar surface area (TPSA) is 77.6 Å². The number of nitrogen functional groups attached to an aromatic ring is 1. The Morgan fingerprint density at radius 2 is 1.75 bits per heavy atom. The van der Waals surface area contributed by atoms with E-state index in [1.165, 1.54) is 11.8 Å². The van der Waals surface area contributed by atoms with Gasteiger partial charge < -0.3 is 5.73 Å². The Morgan fingerprint density at radius 1 is 1.06 bits per heavy atom. The zero-order valence-corrected chi connectivity index (χ0v) is 9.82. The van der Waals surface area contributed by atoms with Gasteiger partial charge in [-0.2, -0.15) is 0 Å². The molecule has 0 unspecified atom stereocenters. The van der Waals surface area contributed by atoms with E-state index in [1.807, 2.05) is 13.8 Å². The lowest BCUT2D eigenvalue weighted by Gasteiger charge is -2.03. The van der Waals surface area contributed by atoms with Gasteiger partial charge >= 0.3 is 0 Å². The van der Waals surface area contributed by atoms with Crippen LogP contribution in [-0.4, -0.2) is 19.9 Å². The van der Waals surface area contributed by atoms with Gasteiger partial charge in [-0.15, -0.1) is 0 Å². The predicted molar refractivity (Wildman–Crippen MR) is 62.1 cm³/mol. The zero-order chi connectivity index (χ0) is 11.5. The summed E-state index contributed by atoms with van der Waals surface area (Å²) < 4.78 is 0. The van der Waals surface area contributed by atoms with Crippen LogP contribution in [0.3, 0.4) is 0 Å². The molecule has 0 radical (unpaired) electrons. The average Bonchev–Trinajstić information content (AvgIpc) is 2.27. The molecule has 0 amide bonds. The van der Waals surface area contributed by atoms with Gasteiger partial charge in [-0.1, -0.05) is 0 Å². The highest BCUT2D eigenvalue weighted by Crippen LogP contribution is 2.25. The molecule has 2 heterocycles. The van der Waals surface area contributed by atoms with Gasteiger partial charge in [0.2, 0.25) is 5.95 Å². The van der Waals surface area contributed by atoms with E-state index in [2.05, 4.69) is 19.9 Å². The molecule has 2 aromatic heterocycles. The molecule has 0 bridgehead atoms. The van der Waals surface area contributed by atoms with Crippen LogP contribution in [0.4, 0.5) is 5.95 Å². The van der Waals surface area contributed by atoms with Crippen molar-refractivity contribution in [3.63, 3.8) is 0 Å². The van der Waals surface area contributed by atoms with Crippen molar-refractivity contribution in [3.05, 3.63) is 29.7 Å². The molecule has 0 aliphatic heterocycles. The first kappa shape index (κ1) is 10.8. The minimum Gasteiger partial charge on any atom is -0.368 e. The summed E-state index contributed by atoms with van der Waals surface area (Å²) in [6, 6.07) is 0. The lowest BCUT2D eigenvalue weighted by Crippen LogP contribution is -1.98. The van der Waals surface area contributed by atoms with E-state index < -0.39 is 0 Å². The van der Waals surface area contributed by atoms with Crippen LogP contribution in [0.5, 0.6) is 0 Å². The molecular weight excluding hydrogens is 222 g/mol. The Kier molecular flexibility index (Phi) is 3.00. The van der Waals surface area contributed by atoms with Crippen LogP contribution >= 0.6 is 11.8 Å². The third-order valence-corrected chi connectivity index (χ3v) is 2.89. The van der Waals surface area contributed by atoms with Crippen LogP contribution in [0.2, 0.25) is 0 Å². The molecule has 0 aliphatic carbocycles. The molecule has 0 saturated carbocycles. The molecule has 0 atom stereocenters. The van der Waals surface area contributed by atoms with E-state index in [4.69, 9.17) is 5.73 Å². The number of hydrogen-bond acceptors (Lipinski definition) is 6. The predicted octanol–water partition coefficient (Wildman–Crippen LogP) is 1.62. The fraction of sp³-hybridized carbons (Fsp3) is 0.200. The zero-order valence-electron chi connectivity index (χ0n) is 9.01. The fourth-order valence-corrected chi connectivity index (χ4v) is 1.80. The number of aryl methyl sites for hydroxylation is 2. The van der Waals surface area contributed by atoms with Crippen LogP contribution in [0.25, 0.3) is 0 Å². The maximum Gasteiger partial charge on any atom is 0.221 e. The molecule has 0 aliphatic rings. The summed E-state index contributed by atoms with van der Waals surface area (Å²) in [7, 11) is 0. The normalized spacial score (nSPS) is 10.4. The van der Waals surface area contributed by atoms with Gasteiger partial charge in [0.15, 0.2) is 5.16 Å². The van der Waals surface area contributed by atoms with Crippen LogP contribution in [0, 0.1) is 13.8 Å². The molecule has 0 spiro atoms. The first-order chi connectivity index (χ1) is 7.65. The largest absolute Gasteiger partial charge is 0.368 e. The smallest absolute Gasteiger partial charge is 0.221 e. The highest BCUT2D eigenvalue weighted by molar-refractivity contribution is 7.99. The molecule has 2 rings (SSSR count). The summed E-state index contributed by atoms with van der Waals surface area (Å²) in [4.78, 5) is 16.4. The third kappa shape index (κ3) is 2.46. The van der Waals surface area contributed by atoms with Gasteiger partial charge in [-0.3, -0.25) is 0 Å². The fourth-order valence-electron chi connectivity index (χ4n) is 1.06. The van der Waals surface area contributed by atoms with Crippen molar-refractivity contribution in [2.75, 3.05) is 5.73 Å². The third-order valence-electron chi connectivity index (χ3n) is 1.89. The molecule has 82 valence electrons.